The predicted octanol–water partition coefficient (Wildman–Crippen LogP) is 1.35. The average molecular weight is 360 g/mol. The fraction of sp³-hybridized carbons (Fsp3) is 0.353. The van der Waals surface area contributed by atoms with Crippen molar-refractivity contribution in [2.24, 2.45) is 0 Å². The van der Waals surface area contributed by atoms with Crippen molar-refractivity contribution in [1.82, 2.24) is 14.9 Å². The molecular formula is C17H20N4O3S. The number of hydrogen-bond donors (Lipinski definition) is 1. The molecule has 1 saturated heterocycles. The summed E-state index contributed by atoms with van der Waals surface area (Å²) in [7, 11) is -1.38. The summed E-state index contributed by atoms with van der Waals surface area (Å²) in [6, 6.07) is 6.85. The van der Waals surface area contributed by atoms with Gasteiger partial charge in [-0.25, -0.2) is 13.4 Å². The molecule has 3 heterocycles. The lowest BCUT2D eigenvalue weighted by molar-refractivity contribution is 0.0747. The number of carbonyl (C=O) groups is 1. The number of anilines is 1. The van der Waals surface area contributed by atoms with Crippen LogP contribution in [0.5, 0.6) is 0 Å². The fourth-order valence-electron chi connectivity index (χ4n) is 2.81. The minimum Gasteiger partial charge on any atom is -0.366 e. The van der Waals surface area contributed by atoms with Crippen molar-refractivity contribution in [2.45, 2.75) is 19.0 Å². The summed E-state index contributed by atoms with van der Waals surface area (Å²) in [6.07, 6.45) is 5.52. The molecular weight excluding hydrogens is 340 g/mol. The van der Waals surface area contributed by atoms with Gasteiger partial charge >= 0.3 is 0 Å². The van der Waals surface area contributed by atoms with E-state index in [0.29, 0.717) is 24.3 Å². The van der Waals surface area contributed by atoms with Gasteiger partial charge in [0.25, 0.3) is 5.91 Å². The number of nitrogens with zero attached hydrogens (tertiary/aromatic N) is 3. The lowest BCUT2D eigenvalue weighted by atomic mass is 10.1. The lowest BCUT2D eigenvalue weighted by Gasteiger charge is -2.23. The smallest absolute Gasteiger partial charge is 0.254 e. The Hall–Kier alpha value is -2.48. The van der Waals surface area contributed by atoms with Gasteiger partial charge in [-0.3, -0.25) is 9.78 Å². The molecule has 0 bridgehead atoms. The van der Waals surface area contributed by atoms with Crippen LogP contribution in [0.4, 0.5) is 5.82 Å². The summed E-state index contributed by atoms with van der Waals surface area (Å²) < 4.78 is 23.2. The van der Waals surface area contributed by atoms with E-state index in [1.54, 1.807) is 37.8 Å². The van der Waals surface area contributed by atoms with Crippen LogP contribution in [0, 0.1) is 0 Å². The first-order valence-corrected chi connectivity index (χ1v) is 9.83. The molecule has 2 aromatic rings. The van der Waals surface area contributed by atoms with Gasteiger partial charge in [0.15, 0.2) is 9.84 Å². The van der Waals surface area contributed by atoms with E-state index in [1.807, 2.05) is 12.1 Å². The summed E-state index contributed by atoms with van der Waals surface area (Å²) in [4.78, 5) is 22.4. The summed E-state index contributed by atoms with van der Waals surface area (Å²) in [5.74, 6) is 0.562. The molecule has 2 aromatic heterocycles. The number of amides is 1. The third-order valence-corrected chi connectivity index (χ3v) is 6.03. The number of carbonyl (C=O) groups excluding carboxylic acids is 1. The lowest BCUT2D eigenvalue weighted by Crippen LogP contribution is -2.37. The number of nitrogens with one attached hydrogen (secondary N) is 1. The molecule has 1 unspecified atom stereocenters. The highest BCUT2D eigenvalue weighted by Gasteiger charge is 2.33. The molecule has 7 nitrogen and oxygen atoms in total. The van der Waals surface area contributed by atoms with Crippen LogP contribution in [-0.2, 0) is 16.4 Å². The second kappa shape index (κ2) is 7.18. The maximum Gasteiger partial charge on any atom is 0.254 e. The molecule has 0 aliphatic carbocycles. The van der Waals surface area contributed by atoms with Crippen molar-refractivity contribution in [1.29, 1.82) is 0 Å². The van der Waals surface area contributed by atoms with Crippen molar-refractivity contribution in [3.63, 3.8) is 0 Å². The van der Waals surface area contributed by atoms with Gasteiger partial charge in [-0.05, 0) is 30.2 Å². The third-order valence-electron chi connectivity index (χ3n) is 4.28. The van der Waals surface area contributed by atoms with E-state index in [1.165, 1.54) is 4.90 Å². The van der Waals surface area contributed by atoms with E-state index in [9.17, 15) is 13.2 Å². The molecule has 0 aromatic carbocycles. The van der Waals surface area contributed by atoms with Crippen LogP contribution in [0.25, 0.3) is 0 Å². The standard InChI is InChI=1S/C17H20N4O3S/c1-21(15-5-8-25(23,24)12-15)17(22)14-4-7-19-16(9-14)20-11-13-3-2-6-18-10-13/h2-4,6-7,9-10,15H,5,8,11-12H2,1H3,(H,19,20). The molecule has 0 saturated carbocycles. The van der Waals surface area contributed by atoms with Gasteiger partial charge in [0.05, 0.1) is 11.5 Å². The molecule has 25 heavy (non-hydrogen) atoms. The molecule has 1 aliphatic rings. The van der Waals surface area contributed by atoms with Gasteiger partial charge in [-0.2, -0.15) is 0 Å². The zero-order valence-electron chi connectivity index (χ0n) is 13.9. The van der Waals surface area contributed by atoms with Gasteiger partial charge in [0, 0.05) is 43.8 Å². The van der Waals surface area contributed by atoms with Gasteiger partial charge in [-0.15, -0.1) is 0 Å². The molecule has 3 rings (SSSR count). The summed E-state index contributed by atoms with van der Waals surface area (Å²) >= 11 is 0. The molecule has 1 aliphatic heterocycles. The quantitative estimate of drug-likeness (QED) is 0.865. The number of aromatic nitrogens is 2. The Kier molecular flexibility index (Phi) is 4.98. The van der Waals surface area contributed by atoms with E-state index in [-0.39, 0.29) is 23.5 Å². The van der Waals surface area contributed by atoms with E-state index in [4.69, 9.17) is 0 Å². The normalized spacial score (nSPS) is 18.7. The monoisotopic (exact) mass is 360 g/mol. The highest BCUT2D eigenvalue weighted by molar-refractivity contribution is 7.91. The number of sulfone groups is 1. The van der Waals surface area contributed by atoms with Crippen LogP contribution in [0.1, 0.15) is 22.3 Å². The van der Waals surface area contributed by atoms with Crippen molar-refractivity contribution in [3.05, 3.63) is 54.0 Å². The maximum atomic E-state index is 12.6. The Morgan fingerprint density at radius 2 is 2.20 bits per heavy atom. The van der Waals surface area contributed by atoms with Crippen molar-refractivity contribution < 1.29 is 13.2 Å². The first-order chi connectivity index (χ1) is 11.9. The second-order valence-corrected chi connectivity index (χ2v) is 8.35. The Morgan fingerprint density at radius 3 is 2.88 bits per heavy atom. The Balaban J connectivity index is 1.67. The van der Waals surface area contributed by atoms with Crippen LogP contribution in [0.2, 0.25) is 0 Å². The zero-order valence-corrected chi connectivity index (χ0v) is 14.7. The maximum absolute atomic E-state index is 12.6. The first kappa shape index (κ1) is 17.3. The van der Waals surface area contributed by atoms with Gasteiger partial charge in [-0.1, -0.05) is 6.07 Å². The van der Waals surface area contributed by atoms with Gasteiger partial charge in [0.2, 0.25) is 0 Å². The minimum absolute atomic E-state index is 0.0342. The third kappa shape index (κ3) is 4.33. The molecule has 8 heteroatoms. The molecule has 132 valence electrons. The van der Waals surface area contributed by atoms with Crippen molar-refractivity contribution in [2.75, 3.05) is 23.9 Å². The number of pyridine rings is 2. The molecule has 0 radical (unpaired) electrons. The van der Waals surface area contributed by atoms with Crippen LogP contribution < -0.4 is 5.32 Å². The Labute approximate surface area is 147 Å². The highest BCUT2D eigenvalue weighted by atomic mass is 32.2. The SMILES string of the molecule is CN(C(=O)c1ccnc(NCc2cccnc2)c1)C1CCS(=O)(=O)C1. The Bertz CT molecular complexity index is 855. The summed E-state index contributed by atoms with van der Waals surface area (Å²) in [5.41, 5.74) is 1.49. The average Bonchev–Trinajstić information content (AvgIpc) is 3.00. The van der Waals surface area contributed by atoms with Crippen LogP contribution in [0.3, 0.4) is 0 Å². The molecule has 1 amide bonds. The number of rotatable bonds is 5. The van der Waals surface area contributed by atoms with Crippen LogP contribution in [-0.4, -0.2) is 53.8 Å². The second-order valence-electron chi connectivity index (χ2n) is 6.12. The van der Waals surface area contributed by atoms with E-state index < -0.39 is 9.84 Å². The van der Waals surface area contributed by atoms with Crippen molar-refractivity contribution >= 4 is 21.6 Å². The largest absolute Gasteiger partial charge is 0.366 e. The van der Waals surface area contributed by atoms with Crippen LogP contribution in [0.15, 0.2) is 42.9 Å². The predicted molar refractivity (Wildman–Crippen MR) is 95.0 cm³/mol. The molecule has 1 fully saturated rings. The fourth-order valence-corrected chi connectivity index (χ4v) is 4.58. The van der Waals surface area contributed by atoms with E-state index in [2.05, 4.69) is 15.3 Å². The minimum atomic E-state index is -3.03. The summed E-state index contributed by atoms with van der Waals surface area (Å²) in [5, 5.41) is 3.16. The number of hydrogen-bond acceptors (Lipinski definition) is 6. The summed E-state index contributed by atoms with van der Waals surface area (Å²) in [6.45, 7) is 0.551. The van der Waals surface area contributed by atoms with Gasteiger partial charge < -0.3 is 10.2 Å². The van der Waals surface area contributed by atoms with Crippen LogP contribution >= 0.6 is 0 Å². The topological polar surface area (TPSA) is 92.3 Å². The molecule has 1 atom stereocenters. The first-order valence-electron chi connectivity index (χ1n) is 8.01. The van der Waals surface area contributed by atoms with E-state index in [0.717, 1.165) is 5.56 Å². The van der Waals surface area contributed by atoms with Crippen molar-refractivity contribution in [3.8, 4) is 0 Å². The Morgan fingerprint density at radius 1 is 1.36 bits per heavy atom. The van der Waals surface area contributed by atoms with E-state index >= 15 is 0 Å². The highest BCUT2D eigenvalue weighted by Crippen LogP contribution is 2.19. The molecule has 0 spiro atoms. The van der Waals surface area contributed by atoms with Gasteiger partial charge in [0.1, 0.15) is 5.82 Å². The molecule has 1 N–H and O–H groups in total. The zero-order chi connectivity index (χ0) is 17.9.